The summed E-state index contributed by atoms with van der Waals surface area (Å²) in [6.07, 6.45) is 1.65. The molecular formula is C13H28N2O2. The predicted molar refractivity (Wildman–Crippen MR) is 70.6 cm³/mol. The molecule has 0 bridgehead atoms. The van der Waals surface area contributed by atoms with Crippen molar-refractivity contribution in [3.05, 3.63) is 0 Å². The summed E-state index contributed by atoms with van der Waals surface area (Å²) in [5.74, 6) is -0.188. The van der Waals surface area contributed by atoms with Gasteiger partial charge in [-0.3, -0.25) is 4.79 Å². The monoisotopic (exact) mass is 244 g/mol. The second kappa shape index (κ2) is 6.36. The summed E-state index contributed by atoms with van der Waals surface area (Å²) in [6, 6.07) is 0. The molecule has 4 nitrogen and oxygen atoms in total. The van der Waals surface area contributed by atoms with Crippen LogP contribution in [-0.4, -0.2) is 29.2 Å². The van der Waals surface area contributed by atoms with Crippen LogP contribution >= 0.6 is 0 Å². The molecule has 0 aromatic carbocycles. The zero-order chi connectivity index (χ0) is 13.7. The smallest absolute Gasteiger partial charge is 0.239 e. The molecule has 0 aromatic rings. The van der Waals surface area contributed by atoms with Crippen LogP contribution < -0.4 is 11.1 Å². The van der Waals surface area contributed by atoms with E-state index < -0.39 is 11.6 Å². The Morgan fingerprint density at radius 1 is 1.35 bits per heavy atom. The van der Waals surface area contributed by atoms with Gasteiger partial charge in [-0.2, -0.15) is 0 Å². The highest BCUT2D eigenvalue weighted by molar-refractivity contribution is 5.85. The quantitative estimate of drug-likeness (QED) is 0.661. The zero-order valence-corrected chi connectivity index (χ0v) is 11.8. The van der Waals surface area contributed by atoms with E-state index in [0.717, 1.165) is 6.42 Å². The Hall–Kier alpha value is -0.610. The number of carbonyl (C=O) groups excluding carboxylic acids is 1. The van der Waals surface area contributed by atoms with Gasteiger partial charge in [0.25, 0.3) is 0 Å². The molecule has 0 heterocycles. The van der Waals surface area contributed by atoms with Gasteiger partial charge in [0.15, 0.2) is 0 Å². The van der Waals surface area contributed by atoms with Crippen LogP contribution in [0.3, 0.4) is 0 Å². The normalized spacial score (nSPS) is 17.4. The maximum Gasteiger partial charge on any atom is 0.239 e. The van der Waals surface area contributed by atoms with Gasteiger partial charge < -0.3 is 16.2 Å². The van der Waals surface area contributed by atoms with Crippen LogP contribution in [0.5, 0.6) is 0 Å². The molecular weight excluding hydrogens is 216 g/mol. The van der Waals surface area contributed by atoms with Crippen LogP contribution in [-0.2, 0) is 4.79 Å². The number of aliphatic hydroxyl groups is 1. The topological polar surface area (TPSA) is 75.4 Å². The molecule has 0 aromatic heterocycles. The maximum atomic E-state index is 11.8. The van der Waals surface area contributed by atoms with E-state index in [4.69, 9.17) is 5.73 Å². The minimum atomic E-state index is -0.837. The molecule has 0 fully saturated rings. The van der Waals surface area contributed by atoms with Crippen LogP contribution in [0.25, 0.3) is 0 Å². The first-order chi connectivity index (χ1) is 7.58. The van der Waals surface area contributed by atoms with Crippen molar-refractivity contribution in [3.63, 3.8) is 0 Å². The number of rotatable bonds is 6. The van der Waals surface area contributed by atoms with Crippen LogP contribution in [0.1, 0.15) is 53.9 Å². The molecule has 17 heavy (non-hydrogen) atoms. The third-order valence-electron chi connectivity index (χ3n) is 2.63. The minimum absolute atomic E-state index is 0.0551. The van der Waals surface area contributed by atoms with Gasteiger partial charge in [0.1, 0.15) is 0 Å². The van der Waals surface area contributed by atoms with Crippen LogP contribution in [0.15, 0.2) is 0 Å². The highest BCUT2D eigenvalue weighted by atomic mass is 16.3. The third kappa shape index (κ3) is 7.34. The average molecular weight is 244 g/mol. The van der Waals surface area contributed by atoms with E-state index in [9.17, 15) is 9.90 Å². The summed E-state index contributed by atoms with van der Waals surface area (Å²) in [4.78, 5) is 11.8. The lowest BCUT2D eigenvalue weighted by Gasteiger charge is -2.26. The van der Waals surface area contributed by atoms with E-state index in [1.807, 2.05) is 6.92 Å². The molecule has 0 radical (unpaired) electrons. The van der Waals surface area contributed by atoms with Gasteiger partial charge in [-0.05, 0) is 25.2 Å². The first-order valence-corrected chi connectivity index (χ1v) is 6.34. The van der Waals surface area contributed by atoms with E-state index >= 15 is 0 Å². The molecule has 2 atom stereocenters. The van der Waals surface area contributed by atoms with Crippen molar-refractivity contribution in [1.29, 1.82) is 0 Å². The Morgan fingerprint density at radius 3 is 2.29 bits per heavy atom. The SMILES string of the molecule is CCCC(C)(N)C(=O)NCC(O)CC(C)(C)C. The lowest BCUT2D eigenvalue weighted by molar-refractivity contribution is -0.126. The maximum absolute atomic E-state index is 11.8. The molecule has 0 spiro atoms. The van der Waals surface area contributed by atoms with Gasteiger partial charge in [0, 0.05) is 6.54 Å². The molecule has 4 heteroatoms. The predicted octanol–water partition coefficient (Wildman–Crippen LogP) is 1.42. The van der Waals surface area contributed by atoms with Crippen molar-refractivity contribution in [3.8, 4) is 0 Å². The van der Waals surface area contributed by atoms with E-state index in [1.54, 1.807) is 6.92 Å². The number of nitrogens with two attached hydrogens (primary N) is 1. The highest BCUT2D eigenvalue weighted by Crippen LogP contribution is 2.20. The van der Waals surface area contributed by atoms with Gasteiger partial charge in [0.05, 0.1) is 11.6 Å². The van der Waals surface area contributed by atoms with E-state index in [-0.39, 0.29) is 17.9 Å². The second-order valence-corrected chi connectivity index (χ2v) is 6.30. The third-order valence-corrected chi connectivity index (χ3v) is 2.63. The first-order valence-electron chi connectivity index (χ1n) is 6.34. The van der Waals surface area contributed by atoms with Crippen LogP contribution in [0, 0.1) is 5.41 Å². The Bertz CT molecular complexity index is 244. The summed E-state index contributed by atoms with van der Waals surface area (Å²) >= 11 is 0. The van der Waals surface area contributed by atoms with Crippen molar-refractivity contribution in [2.45, 2.75) is 65.5 Å². The summed E-state index contributed by atoms with van der Waals surface area (Å²) in [5, 5.41) is 12.5. The average Bonchev–Trinajstić information content (AvgIpc) is 2.11. The van der Waals surface area contributed by atoms with Crippen LogP contribution in [0.4, 0.5) is 0 Å². The Balaban J connectivity index is 4.08. The van der Waals surface area contributed by atoms with Crippen molar-refractivity contribution in [1.82, 2.24) is 5.32 Å². The molecule has 4 N–H and O–H groups in total. The first kappa shape index (κ1) is 16.4. The number of carbonyl (C=O) groups is 1. The van der Waals surface area contributed by atoms with Crippen molar-refractivity contribution >= 4 is 5.91 Å². The number of nitrogens with one attached hydrogen (secondary N) is 1. The largest absolute Gasteiger partial charge is 0.391 e. The summed E-state index contributed by atoms with van der Waals surface area (Å²) in [7, 11) is 0. The molecule has 0 saturated heterocycles. The van der Waals surface area contributed by atoms with E-state index in [0.29, 0.717) is 12.8 Å². The van der Waals surface area contributed by atoms with Gasteiger partial charge in [-0.25, -0.2) is 0 Å². The Kier molecular flexibility index (Phi) is 6.13. The second-order valence-electron chi connectivity index (χ2n) is 6.30. The van der Waals surface area contributed by atoms with Crippen molar-refractivity contribution in [2.75, 3.05) is 6.54 Å². The number of hydrogen-bond donors (Lipinski definition) is 3. The summed E-state index contributed by atoms with van der Waals surface area (Å²) in [5.41, 5.74) is 5.11. The fourth-order valence-electron chi connectivity index (χ4n) is 1.82. The van der Waals surface area contributed by atoms with Gasteiger partial charge in [0.2, 0.25) is 5.91 Å². The molecule has 0 saturated carbocycles. The Labute approximate surface area is 105 Å². The molecule has 0 aliphatic carbocycles. The van der Waals surface area contributed by atoms with Crippen LogP contribution in [0.2, 0.25) is 0 Å². The van der Waals surface area contributed by atoms with Crippen molar-refractivity contribution < 1.29 is 9.90 Å². The lowest BCUT2D eigenvalue weighted by Crippen LogP contribution is -2.53. The fraction of sp³-hybridized carbons (Fsp3) is 0.923. The molecule has 2 unspecified atom stereocenters. The fourth-order valence-corrected chi connectivity index (χ4v) is 1.82. The van der Waals surface area contributed by atoms with E-state index in [1.165, 1.54) is 0 Å². The molecule has 1 amide bonds. The van der Waals surface area contributed by atoms with Gasteiger partial charge in [-0.1, -0.05) is 34.1 Å². The highest BCUT2D eigenvalue weighted by Gasteiger charge is 2.27. The number of hydrogen-bond acceptors (Lipinski definition) is 3. The van der Waals surface area contributed by atoms with Gasteiger partial charge >= 0.3 is 0 Å². The molecule has 0 aliphatic heterocycles. The Morgan fingerprint density at radius 2 is 1.88 bits per heavy atom. The summed E-state index contributed by atoms with van der Waals surface area (Å²) in [6.45, 7) is 10.2. The standard InChI is InChI=1S/C13H28N2O2/c1-6-7-13(5,14)11(17)15-9-10(16)8-12(2,3)4/h10,16H,6-9,14H2,1-5H3,(H,15,17). The molecule has 102 valence electrons. The summed E-state index contributed by atoms with van der Waals surface area (Å²) < 4.78 is 0. The number of amides is 1. The molecule has 0 rings (SSSR count). The molecule has 0 aliphatic rings. The zero-order valence-electron chi connectivity index (χ0n) is 11.8. The number of aliphatic hydroxyl groups excluding tert-OH is 1. The van der Waals surface area contributed by atoms with Gasteiger partial charge in [-0.15, -0.1) is 0 Å². The lowest BCUT2D eigenvalue weighted by atomic mass is 9.89. The van der Waals surface area contributed by atoms with Crippen molar-refractivity contribution in [2.24, 2.45) is 11.1 Å². The van der Waals surface area contributed by atoms with E-state index in [2.05, 4.69) is 26.1 Å². The minimum Gasteiger partial charge on any atom is -0.391 e.